The standard InChI is InChI=1S/C21H20F2N4O3S/c1-15-16(14-24-27(15)19-8-4-2-6-17(19)22)21(28)25-10-12-26(13-11-25)31(29,30)20-9-5-3-7-18(20)23/h2-9,14H,10-13H2,1H3. The van der Waals surface area contributed by atoms with E-state index in [0.717, 1.165) is 6.07 Å². The van der Waals surface area contributed by atoms with Crippen molar-refractivity contribution in [2.24, 2.45) is 0 Å². The number of carbonyl (C=O) groups excluding carboxylic acids is 1. The van der Waals surface area contributed by atoms with Crippen molar-refractivity contribution in [2.75, 3.05) is 26.2 Å². The molecule has 1 amide bonds. The number of carbonyl (C=O) groups is 1. The van der Waals surface area contributed by atoms with E-state index in [1.54, 1.807) is 25.1 Å². The Morgan fingerprint density at radius 3 is 2.19 bits per heavy atom. The van der Waals surface area contributed by atoms with Gasteiger partial charge >= 0.3 is 0 Å². The first-order valence-electron chi connectivity index (χ1n) is 9.64. The van der Waals surface area contributed by atoms with E-state index in [1.807, 2.05) is 0 Å². The number of rotatable bonds is 4. The summed E-state index contributed by atoms with van der Waals surface area (Å²) in [6.07, 6.45) is 1.38. The molecule has 0 spiro atoms. The van der Waals surface area contributed by atoms with Gasteiger partial charge in [0, 0.05) is 26.2 Å². The Bertz CT molecular complexity index is 1230. The van der Waals surface area contributed by atoms with Crippen LogP contribution in [0.4, 0.5) is 8.78 Å². The summed E-state index contributed by atoms with van der Waals surface area (Å²) in [7, 11) is -3.99. The van der Waals surface area contributed by atoms with Crippen LogP contribution < -0.4 is 0 Å². The molecule has 10 heteroatoms. The minimum atomic E-state index is -3.99. The van der Waals surface area contributed by atoms with Crippen molar-refractivity contribution in [1.29, 1.82) is 0 Å². The van der Waals surface area contributed by atoms with Crippen molar-refractivity contribution in [2.45, 2.75) is 11.8 Å². The van der Waals surface area contributed by atoms with Gasteiger partial charge in [0.25, 0.3) is 5.91 Å². The molecule has 2 aromatic carbocycles. The maximum absolute atomic E-state index is 14.1. The number of benzene rings is 2. The molecular formula is C21H20F2N4O3S. The van der Waals surface area contributed by atoms with Crippen LogP contribution in [0.2, 0.25) is 0 Å². The number of halogens is 2. The molecule has 0 saturated carbocycles. The zero-order valence-electron chi connectivity index (χ0n) is 16.7. The molecular weight excluding hydrogens is 426 g/mol. The molecule has 1 fully saturated rings. The first-order valence-corrected chi connectivity index (χ1v) is 11.1. The summed E-state index contributed by atoms with van der Waals surface area (Å²) < 4.78 is 56.1. The molecule has 3 aromatic rings. The molecule has 1 saturated heterocycles. The maximum atomic E-state index is 14.1. The number of para-hydroxylation sites is 1. The SMILES string of the molecule is Cc1c(C(=O)N2CCN(S(=O)(=O)c3ccccc3F)CC2)cnn1-c1ccccc1F. The molecule has 4 rings (SSSR count). The largest absolute Gasteiger partial charge is 0.336 e. The van der Waals surface area contributed by atoms with Crippen LogP contribution in [0.5, 0.6) is 0 Å². The Hall–Kier alpha value is -3.11. The molecule has 2 heterocycles. The molecule has 162 valence electrons. The van der Waals surface area contributed by atoms with Crippen molar-refractivity contribution in [1.82, 2.24) is 19.0 Å². The Labute approximate surface area is 178 Å². The molecule has 0 aliphatic carbocycles. The van der Waals surface area contributed by atoms with Gasteiger partial charge in [0.1, 0.15) is 22.2 Å². The van der Waals surface area contributed by atoms with E-state index < -0.39 is 21.7 Å². The van der Waals surface area contributed by atoms with Gasteiger partial charge in [-0.1, -0.05) is 24.3 Å². The number of piperazine rings is 1. The highest BCUT2D eigenvalue weighted by molar-refractivity contribution is 7.89. The second-order valence-electron chi connectivity index (χ2n) is 7.13. The number of amides is 1. The fourth-order valence-electron chi connectivity index (χ4n) is 3.58. The number of hydrogen-bond acceptors (Lipinski definition) is 4. The summed E-state index contributed by atoms with van der Waals surface area (Å²) in [6.45, 7) is 2.06. The van der Waals surface area contributed by atoms with Gasteiger partial charge in [-0.3, -0.25) is 4.79 Å². The monoisotopic (exact) mass is 446 g/mol. The molecule has 1 aliphatic heterocycles. The summed E-state index contributed by atoms with van der Waals surface area (Å²) in [5, 5.41) is 4.15. The van der Waals surface area contributed by atoms with Gasteiger partial charge in [-0.15, -0.1) is 0 Å². The lowest BCUT2D eigenvalue weighted by molar-refractivity contribution is 0.0697. The van der Waals surface area contributed by atoms with E-state index in [4.69, 9.17) is 0 Å². The predicted molar refractivity (Wildman–Crippen MR) is 109 cm³/mol. The van der Waals surface area contributed by atoms with Crippen LogP contribution in [-0.4, -0.2) is 59.5 Å². The average molecular weight is 446 g/mol. The molecule has 1 aliphatic rings. The second kappa shape index (κ2) is 8.20. The molecule has 0 N–H and O–H groups in total. The third kappa shape index (κ3) is 3.84. The average Bonchev–Trinajstić information content (AvgIpc) is 3.15. The fourth-order valence-corrected chi connectivity index (χ4v) is 5.07. The number of aromatic nitrogens is 2. The van der Waals surface area contributed by atoms with Crippen molar-refractivity contribution < 1.29 is 22.0 Å². The quantitative estimate of drug-likeness (QED) is 0.618. The summed E-state index contributed by atoms with van der Waals surface area (Å²) in [5.41, 5.74) is 1.03. The highest BCUT2D eigenvalue weighted by Crippen LogP contribution is 2.22. The number of nitrogens with zero attached hydrogens (tertiary/aromatic N) is 4. The van der Waals surface area contributed by atoms with Crippen LogP contribution in [0, 0.1) is 18.6 Å². The van der Waals surface area contributed by atoms with Crippen LogP contribution in [0.15, 0.2) is 59.6 Å². The van der Waals surface area contributed by atoms with Crippen molar-refractivity contribution in [3.8, 4) is 5.69 Å². The highest BCUT2D eigenvalue weighted by atomic mass is 32.2. The Balaban J connectivity index is 1.50. The van der Waals surface area contributed by atoms with E-state index in [-0.39, 0.29) is 42.7 Å². The normalized spacial score (nSPS) is 15.3. The van der Waals surface area contributed by atoms with Crippen LogP contribution in [-0.2, 0) is 10.0 Å². The molecule has 0 bridgehead atoms. The van der Waals surface area contributed by atoms with Gasteiger partial charge in [-0.2, -0.15) is 9.40 Å². The minimum Gasteiger partial charge on any atom is -0.336 e. The van der Waals surface area contributed by atoms with E-state index in [9.17, 15) is 22.0 Å². The van der Waals surface area contributed by atoms with Crippen molar-refractivity contribution in [3.05, 3.63) is 77.6 Å². The van der Waals surface area contributed by atoms with Gasteiger partial charge in [0.15, 0.2) is 0 Å². The lowest BCUT2D eigenvalue weighted by Crippen LogP contribution is -2.50. The molecule has 0 unspecified atom stereocenters. The zero-order chi connectivity index (χ0) is 22.2. The lowest BCUT2D eigenvalue weighted by atomic mass is 10.2. The summed E-state index contributed by atoms with van der Waals surface area (Å²) in [6, 6.07) is 11.3. The Kier molecular flexibility index (Phi) is 5.59. The van der Waals surface area contributed by atoms with Crippen LogP contribution in [0.3, 0.4) is 0 Å². The van der Waals surface area contributed by atoms with Crippen molar-refractivity contribution in [3.63, 3.8) is 0 Å². The summed E-state index contributed by atoms with van der Waals surface area (Å²) in [4.78, 5) is 14.1. The van der Waals surface area contributed by atoms with E-state index >= 15 is 0 Å². The molecule has 0 atom stereocenters. The molecule has 0 radical (unpaired) electrons. The second-order valence-corrected chi connectivity index (χ2v) is 9.04. The van der Waals surface area contributed by atoms with E-state index in [0.29, 0.717) is 11.3 Å². The van der Waals surface area contributed by atoms with E-state index in [2.05, 4.69) is 5.10 Å². The number of hydrogen-bond donors (Lipinski definition) is 0. The van der Waals surface area contributed by atoms with Crippen LogP contribution in [0.1, 0.15) is 16.1 Å². The minimum absolute atomic E-state index is 0.0445. The third-order valence-electron chi connectivity index (χ3n) is 5.30. The highest BCUT2D eigenvalue weighted by Gasteiger charge is 2.32. The Morgan fingerprint density at radius 1 is 0.935 bits per heavy atom. The van der Waals surface area contributed by atoms with Gasteiger partial charge in [0.05, 0.1) is 17.5 Å². The molecule has 31 heavy (non-hydrogen) atoms. The van der Waals surface area contributed by atoms with Gasteiger partial charge in [0.2, 0.25) is 10.0 Å². The van der Waals surface area contributed by atoms with Gasteiger partial charge < -0.3 is 4.90 Å². The fraction of sp³-hybridized carbons (Fsp3) is 0.238. The third-order valence-corrected chi connectivity index (χ3v) is 7.23. The van der Waals surface area contributed by atoms with Gasteiger partial charge in [-0.05, 0) is 31.2 Å². The summed E-state index contributed by atoms with van der Waals surface area (Å²) >= 11 is 0. The Morgan fingerprint density at radius 2 is 1.55 bits per heavy atom. The van der Waals surface area contributed by atoms with Gasteiger partial charge in [-0.25, -0.2) is 21.9 Å². The topological polar surface area (TPSA) is 75.5 Å². The first kappa shape index (κ1) is 21.1. The smallest absolute Gasteiger partial charge is 0.257 e. The molecule has 1 aromatic heterocycles. The summed E-state index contributed by atoms with van der Waals surface area (Å²) in [5.74, 6) is -1.58. The molecule has 7 nitrogen and oxygen atoms in total. The van der Waals surface area contributed by atoms with Crippen molar-refractivity contribution >= 4 is 15.9 Å². The van der Waals surface area contributed by atoms with E-state index in [1.165, 1.54) is 44.3 Å². The zero-order valence-corrected chi connectivity index (χ0v) is 17.5. The van der Waals surface area contributed by atoms with Crippen LogP contribution >= 0.6 is 0 Å². The van der Waals surface area contributed by atoms with Crippen LogP contribution in [0.25, 0.3) is 5.69 Å². The number of sulfonamides is 1. The predicted octanol–water partition coefficient (Wildman–Crippen LogP) is 2.61. The first-order chi connectivity index (χ1) is 14.8. The lowest BCUT2D eigenvalue weighted by Gasteiger charge is -2.34. The maximum Gasteiger partial charge on any atom is 0.257 e.